The summed E-state index contributed by atoms with van der Waals surface area (Å²) in [7, 11) is 0. The second-order valence-corrected chi connectivity index (χ2v) is 5.01. The summed E-state index contributed by atoms with van der Waals surface area (Å²) < 4.78 is 0. The molecule has 1 N–H and O–H groups in total. The Kier molecular flexibility index (Phi) is 2.36. The van der Waals surface area contributed by atoms with Crippen molar-refractivity contribution in [3.63, 3.8) is 0 Å². The van der Waals surface area contributed by atoms with E-state index in [1.807, 2.05) is 13.8 Å². The molecule has 1 heteroatoms. The van der Waals surface area contributed by atoms with E-state index < -0.39 is 5.60 Å². The molecule has 76 valence electrons. The third-order valence-electron chi connectivity index (χ3n) is 2.64. The van der Waals surface area contributed by atoms with Crippen LogP contribution < -0.4 is 0 Å². The van der Waals surface area contributed by atoms with E-state index in [2.05, 4.69) is 24.3 Å². The van der Waals surface area contributed by atoms with Gasteiger partial charge in [-0.2, -0.15) is 0 Å². The maximum Gasteiger partial charge on any atom is 0.0631 e. The summed E-state index contributed by atoms with van der Waals surface area (Å²) in [6, 6.07) is 8.65. The second-order valence-electron chi connectivity index (χ2n) is 5.01. The first kappa shape index (κ1) is 9.72. The second kappa shape index (κ2) is 3.39. The van der Waals surface area contributed by atoms with Gasteiger partial charge >= 0.3 is 0 Å². The number of hydrogen-bond acceptors (Lipinski definition) is 1. The number of rotatable bonds is 3. The van der Waals surface area contributed by atoms with Gasteiger partial charge in [-0.25, -0.2) is 0 Å². The van der Waals surface area contributed by atoms with Gasteiger partial charge in [0.1, 0.15) is 0 Å². The molecule has 1 aliphatic carbocycles. The van der Waals surface area contributed by atoms with Crippen molar-refractivity contribution in [1.82, 2.24) is 0 Å². The SMILES string of the molecule is CC(C)(O)Cc1cccc(C2CC2)c1. The first-order valence-corrected chi connectivity index (χ1v) is 5.36. The summed E-state index contributed by atoms with van der Waals surface area (Å²) >= 11 is 0. The Morgan fingerprint density at radius 2 is 2.07 bits per heavy atom. The Morgan fingerprint density at radius 1 is 1.36 bits per heavy atom. The Balaban J connectivity index is 2.13. The normalized spacial score (nSPS) is 17.1. The van der Waals surface area contributed by atoms with Crippen LogP contribution in [-0.2, 0) is 6.42 Å². The van der Waals surface area contributed by atoms with Crippen LogP contribution in [0.3, 0.4) is 0 Å². The zero-order valence-electron chi connectivity index (χ0n) is 8.96. The number of hydrogen-bond donors (Lipinski definition) is 1. The molecule has 0 bridgehead atoms. The molecular weight excluding hydrogens is 172 g/mol. The summed E-state index contributed by atoms with van der Waals surface area (Å²) in [6.07, 6.45) is 3.42. The molecule has 0 spiro atoms. The van der Waals surface area contributed by atoms with Gasteiger partial charge in [0.05, 0.1) is 5.60 Å². The molecule has 0 radical (unpaired) electrons. The van der Waals surface area contributed by atoms with Gasteiger partial charge in [-0.3, -0.25) is 0 Å². The predicted molar refractivity (Wildman–Crippen MR) is 58.4 cm³/mol. The van der Waals surface area contributed by atoms with Crippen LogP contribution in [0.2, 0.25) is 0 Å². The largest absolute Gasteiger partial charge is 0.390 e. The van der Waals surface area contributed by atoms with E-state index >= 15 is 0 Å². The maximum atomic E-state index is 9.72. The van der Waals surface area contributed by atoms with Crippen LogP contribution in [0, 0.1) is 0 Å². The molecule has 1 aromatic rings. The molecule has 1 aromatic carbocycles. The predicted octanol–water partition coefficient (Wildman–Crippen LogP) is 2.88. The highest BCUT2D eigenvalue weighted by Crippen LogP contribution is 2.40. The Bertz CT molecular complexity index is 318. The van der Waals surface area contributed by atoms with Crippen LogP contribution in [0.15, 0.2) is 24.3 Å². The van der Waals surface area contributed by atoms with Gasteiger partial charge in [0.2, 0.25) is 0 Å². The van der Waals surface area contributed by atoms with E-state index in [9.17, 15) is 5.11 Å². The number of benzene rings is 1. The molecule has 1 aliphatic rings. The lowest BCUT2D eigenvalue weighted by atomic mass is 9.96. The van der Waals surface area contributed by atoms with Crippen LogP contribution in [0.5, 0.6) is 0 Å². The molecule has 0 amide bonds. The Hall–Kier alpha value is -0.820. The van der Waals surface area contributed by atoms with Crippen molar-refractivity contribution in [3.8, 4) is 0 Å². The van der Waals surface area contributed by atoms with E-state index in [0.717, 1.165) is 12.3 Å². The first-order chi connectivity index (χ1) is 6.54. The fourth-order valence-corrected chi connectivity index (χ4v) is 1.87. The van der Waals surface area contributed by atoms with Crippen molar-refractivity contribution >= 4 is 0 Å². The van der Waals surface area contributed by atoms with Gasteiger partial charge in [0.15, 0.2) is 0 Å². The summed E-state index contributed by atoms with van der Waals surface area (Å²) in [5.74, 6) is 0.803. The lowest BCUT2D eigenvalue weighted by Gasteiger charge is -2.17. The average Bonchev–Trinajstić information content (AvgIpc) is 2.83. The van der Waals surface area contributed by atoms with Crippen LogP contribution in [0.4, 0.5) is 0 Å². The minimum atomic E-state index is -0.595. The van der Waals surface area contributed by atoms with Crippen molar-refractivity contribution in [2.75, 3.05) is 0 Å². The lowest BCUT2D eigenvalue weighted by Crippen LogP contribution is -2.21. The Morgan fingerprint density at radius 3 is 2.64 bits per heavy atom. The van der Waals surface area contributed by atoms with Crippen molar-refractivity contribution in [3.05, 3.63) is 35.4 Å². The third kappa shape index (κ3) is 2.58. The van der Waals surface area contributed by atoms with Crippen LogP contribution in [0.1, 0.15) is 43.7 Å². The highest BCUT2D eigenvalue weighted by molar-refractivity contribution is 5.29. The lowest BCUT2D eigenvalue weighted by molar-refractivity contribution is 0.0810. The molecule has 1 saturated carbocycles. The summed E-state index contributed by atoms with van der Waals surface area (Å²) in [5.41, 5.74) is 2.11. The quantitative estimate of drug-likeness (QED) is 0.777. The molecule has 0 atom stereocenters. The maximum absolute atomic E-state index is 9.72. The Labute approximate surface area is 85.8 Å². The standard InChI is InChI=1S/C13H18O/c1-13(2,14)9-10-4-3-5-12(8-10)11-6-7-11/h3-5,8,11,14H,6-7,9H2,1-2H3. The molecule has 0 saturated heterocycles. The topological polar surface area (TPSA) is 20.2 Å². The molecule has 0 aromatic heterocycles. The fraction of sp³-hybridized carbons (Fsp3) is 0.538. The van der Waals surface area contributed by atoms with Crippen molar-refractivity contribution in [1.29, 1.82) is 0 Å². The van der Waals surface area contributed by atoms with Crippen LogP contribution in [-0.4, -0.2) is 10.7 Å². The van der Waals surface area contributed by atoms with Crippen LogP contribution in [0.25, 0.3) is 0 Å². The van der Waals surface area contributed by atoms with Gasteiger partial charge in [-0.05, 0) is 43.7 Å². The van der Waals surface area contributed by atoms with Gasteiger partial charge in [-0.15, -0.1) is 0 Å². The van der Waals surface area contributed by atoms with Gasteiger partial charge < -0.3 is 5.11 Å². The first-order valence-electron chi connectivity index (χ1n) is 5.36. The highest BCUT2D eigenvalue weighted by atomic mass is 16.3. The average molecular weight is 190 g/mol. The zero-order chi connectivity index (χ0) is 10.2. The van der Waals surface area contributed by atoms with Gasteiger partial charge in [-0.1, -0.05) is 24.3 Å². The van der Waals surface area contributed by atoms with Crippen molar-refractivity contribution in [2.45, 2.75) is 44.6 Å². The molecule has 0 unspecified atom stereocenters. The molecule has 14 heavy (non-hydrogen) atoms. The van der Waals surface area contributed by atoms with E-state index in [0.29, 0.717) is 0 Å². The van der Waals surface area contributed by atoms with E-state index in [1.165, 1.54) is 24.0 Å². The minimum Gasteiger partial charge on any atom is -0.390 e. The van der Waals surface area contributed by atoms with E-state index in [1.54, 1.807) is 0 Å². The molecule has 0 aliphatic heterocycles. The molecule has 2 rings (SSSR count). The summed E-state index contributed by atoms with van der Waals surface area (Å²) in [4.78, 5) is 0. The van der Waals surface area contributed by atoms with Gasteiger partial charge in [0.25, 0.3) is 0 Å². The molecule has 1 nitrogen and oxygen atoms in total. The van der Waals surface area contributed by atoms with Crippen molar-refractivity contribution < 1.29 is 5.11 Å². The molecule has 1 fully saturated rings. The monoisotopic (exact) mass is 190 g/mol. The number of aliphatic hydroxyl groups is 1. The minimum absolute atomic E-state index is 0.595. The summed E-state index contributed by atoms with van der Waals surface area (Å²) in [5, 5.41) is 9.72. The van der Waals surface area contributed by atoms with Crippen LogP contribution >= 0.6 is 0 Å². The van der Waals surface area contributed by atoms with E-state index in [-0.39, 0.29) is 0 Å². The smallest absolute Gasteiger partial charge is 0.0631 e. The molecule has 0 heterocycles. The van der Waals surface area contributed by atoms with Gasteiger partial charge in [0, 0.05) is 6.42 Å². The van der Waals surface area contributed by atoms with E-state index in [4.69, 9.17) is 0 Å². The van der Waals surface area contributed by atoms with Crippen molar-refractivity contribution in [2.24, 2.45) is 0 Å². The fourth-order valence-electron chi connectivity index (χ4n) is 1.87. The third-order valence-corrected chi connectivity index (χ3v) is 2.64. The zero-order valence-corrected chi connectivity index (χ0v) is 8.96. The summed E-state index contributed by atoms with van der Waals surface area (Å²) in [6.45, 7) is 3.72. The highest BCUT2D eigenvalue weighted by Gasteiger charge is 2.23. The molecular formula is C13H18O.